The summed E-state index contributed by atoms with van der Waals surface area (Å²) in [5.41, 5.74) is 0. The van der Waals surface area contributed by atoms with Crippen molar-refractivity contribution in [2.24, 2.45) is 0 Å². The first-order chi connectivity index (χ1) is 0. The summed E-state index contributed by atoms with van der Waals surface area (Å²) in [5.74, 6) is 0. The Morgan fingerprint density at radius 1 is 0.500 bits per heavy atom. The summed E-state index contributed by atoms with van der Waals surface area (Å²) in [6.45, 7) is 0. The molecule has 0 aromatic carbocycles. The van der Waals surface area contributed by atoms with E-state index in [1.165, 1.54) is 0 Å². The van der Waals surface area contributed by atoms with E-state index in [-0.39, 0.29) is 79.2 Å². The second-order valence-electron chi connectivity index (χ2n) is 0. The van der Waals surface area contributed by atoms with E-state index >= 15 is 0 Å². The van der Waals surface area contributed by atoms with Gasteiger partial charge in [-0.05, 0) is 21.9 Å². The first-order valence-electron chi connectivity index (χ1n) is 0. The minimum absolute atomic E-state index is 0. The van der Waals surface area contributed by atoms with Crippen LogP contribution in [0.3, 0.4) is 0 Å². The molecule has 48 valence electrons. The molecule has 0 radical (unpaired) electrons. The Hall–Kier alpha value is 1.34. The van der Waals surface area contributed by atoms with E-state index in [1.807, 2.05) is 0 Å². The molecule has 0 amide bonds. The van der Waals surface area contributed by atoms with Crippen molar-refractivity contribution in [3.63, 3.8) is 0 Å². The van der Waals surface area contributed by atoms with E-state index in [2.05, 4.69) is 0 Å². The Morgan fingerprint density at radius 3 is 0.500 bits per heavy atom. The van der Waals surface area contributed by atoms with Gasteiger partial charge in [-0.15, -0.1) is 0 Å². The predicted molar refractivity (Wildman–Crippen MR) is 41.3 cm³/mol. The molecule has 8 heavy (non-hydrogen) atoms. The molecule has 0 aliphatic rings. The summed E-state index contributed by atoms with van der Waals surface area (Å²) < 4.78 is 0. The van der Waals surface area contributed by atoms with Gasteiger partial charge in [0.1, 0.15) is 0 Å². The molecule has 0 heterocycles. The quantitative estimate of drug-likeness (QED) is 0.380. The molecular weight excluding hydrogens is 172 g/mol. The van der Waals surface area contributed by atoms with Gasteiger partial charge in [0.25, 0.3) is 0 Å². The smallest absolute Gasteiger partial charge is 2.00 e. The molecular formula is H11Al2NO3Si2. The Labute approximate surface area is 79.2 Å². The average molecular weight is 183 g/mol. The minimum Gasteiger partial charge on any atom is -2.00 e. The molecule has 0 atom stereocenters. The van der Waals surface area contributed by atoms with Crippen LogP contribution in [0, 0.1) is 0 Å². The molecule has 0 spiro atoms. The fourth-order valence-corrected chi connectivity index (χ4v) is 0. The monoisotopic (exact) mass is 183 g/mol. The van der Waals surface area contributed by atoms with Crippen LogP contribution in [-0.2, 0) is 16.4 Å². The first kappa shape index (κ1) is 362. The van der Waals surface area contributed by atoms with Gasteiger partial charge in [0, 0.05) is 0 Å². The molecule has 4 nitrogen and oxygen atoms in total. The molecule has 0 aliphatic heterocycles. The van der Waals surface area contributed by atoms with Gasteiger partial charge in [0.15, 0.2) is 0 Å². The van der Waals surface area contributed by atoms with Crippen molar-refractivity contribution in [3.05, 3.63) is 0 Å². The van der Waals surface area contributed by atoms with Crippen LogP contribution in [-0.4, -0.2) is 56.7 Å². The summed E-state index contributed by atoms with van der Waals surface area (Å²) in [7, 11) is 0. The van der Waals surface area contributed by atoms with Gasteiger partial charge in [0.2, 0.25) is 0 Å². The van der Waals surface area contributed by atoms with Crippen LogP contribution in [0.2, 0.25) is 0 Å². The molecule has 0 aromatic rings. The summed E-state index contributed by atoms with van der Waals surface area (Å²) in [6.07, 6.45) is 0. The molecule has 0 unspecified atom stereocenters. The van der Waals surface area contributed by atoms with Crippen LogP contribution in [0.15, 0.2) is 0 Å². The fourth-order valence-electron chi connectivity index (χ4n) is 0. The molecule has 0 aliphatic carbocycles. The van der Waals surface area contributed by atoms with Crippen LogP contribution in [0.5, 0.6) is 0 Å². The summed E-state index contributed by atoms with van der Waals surface area (Å²) in [5, 5.41) is 0. The molecule has 0 saturated carbocycles. The molecule has 0 aromatic heterocycles. The maximum Gasteiger partial charge on any atom is 3.00 e. The van der Waals surface area contributed by atoms with Crippen molar-refractivity contribution in [2.75, 3.05) is 0 Å². The Kier molecular flexibility index (Phi) is 11300. The van der Waals surface area contributed by atoms with Crippen molar-refractivity contribution in [1.29, 1.82) is 0 Å². The molecule has 0 bridgehead atoms. The third-order valence-corrected chi connectivity index (χ3v) is 0. The molecule has 0 rings (SSSR count). The first-order valence-corrected chi connectivity index (χ1v) is 0. The fraction of sp³-hybridized carbons (Fsp3) is 0. The maximum absolute atomic E-state index is 0. The van der Waals surface area contributed by atoms with E-state index in [1.54, 1.807) is 0 Å². The van der Waals surface area contributed by atoms with Crippen molar-refractivity contribution in [3.8, 4) is 0 Å². The van der Waals surface area contributed by atoms with Crippen molar-refractivity contribution in [1.82, 2.24) is 6.15 Å². The topological polar surface area (TPSA) is 120 Å². The van der Waals surface area contributed by atoms with Crippen molar-refractivity contribution < 1.29 is 16.4 Å². The van der Waals surface area contributed by atoms with E-state index in [9.17, 15) is 0 Å². The molecule has 8 heteroatoms. The Bertz CT molecular complexity index is 15.2. The summed E-state index contributed by atoms with van der Waals surface area (Å²) in [4.78, 5) is 0. The summed E-state index contributed by atoms with van der Waals surface area (Å²) in [6, 6.07) is 0. The zero-order valence-corrected chi connectivity index (χ0v) is 5.40. The van der Waals surface area contributed by atoms with Crippen LogP contribution < -0.4 is 6.15 Å². The zero-order valence-electron chi connectivity index (χ0n) is 3.09. The third kappa shape index (κ3) is 165. The van der Waals surface area contributed by atoms with Crippen LogP contribution in [0.4, 0.5) is 0 Å². The number of hydrogen-bond donors (Lipinski definition) is 1. The van der Waals surface area contributed by atoms with Crippen LogP contribution in [0.25, 0.3) is 0 Å². The van der Waals surface area contributed by atoms with Crippen molar-refractivity contribution in [2.45, 2.75) is 0 Å². The van der Waals surface area contributed by atoms with Gasteiger partial charge in [0.05, 0.1) is 0 Å². The van der Waals surface area contributed by atoms with E-state index in [4.69, 9.17) is 0 Å². The second-order valence-corrected chi connectivity index (χ2v) is 0. The number of rotatable bonds is 0. The van der Waals surface area contributed by atoms with E-state index < -0.39 is 0 Å². The normalized spacial score (nSPS) is 0. The minimum atomic E-state index is 0. The van der Waals surface area contributed by atoms with E-state index in [0.29, 0.717) is 0 Å². The SMILES string of the molecule is N.[Al+3].[Al+3].[O-2].[O-2].[O-2].[SiH4].[SiH4]. The number of hydrogen-bond acceptors (Lipinski definition) is 1. The maximum atomic E-state index is 0. The predicted octanol–water partition coefficient (Wildman–Crippen LogP) is -3.86. The standard InChI is InChI=1S/2Al.H3N.3O.2H4Si/h;;1H3;;;;2*1H4/q2*+3;;3*-2;;. The molecule has 0 saturated heterocycles. The van der Waals surface area contributed by atoms with Gasteiger partial charge >= 0.3 is 34.7 Å². The van der Waals surface area contributed by atoms with Gasteiger partial charge < -0.3 is 22.6 Å². The largest absolute Gasteiger partial charge is 3.00 e. The van der Waals surface area contributed by atoms with Gasteiger partial charge in [-0.3, -0.25) is 0 Å². The van der Waals surface area contributed by atoms with Crippen molar-refractivity contribution >= 4 is 56.7 Å². The van der Waals surface area contributed by atoms with E-state index in [0.717, 1.165) is 0 Å². The molecule has 0 fully saturated rings. The second kappa shape index (κ2) is 251. The Balaban J connectivity index is 0. The third-order valence-electron chi connectivity index (χ3n) is 0. The Morgan fingerprint density at radius 2 is 0.500 bits per heavy atom. The molecule has 3 N–H and O–H groups in total. The van der Waals surface area contributed by atoms with Crippen LogP contribution >= 0.6 is 0 Å². The zero-order chi connectivity index (χ0) is 0. The van der Waals surface area contributed by atoms with Gasteiger partial charge in [-0.25, -0.2) is 0 Å². The summed E-state index contributed by atoms with van der Waals surface area (Å²) >= 11 is 0. The van der Waals surface area contributed by atoms with Gasteiger partial charge in [-0.2, -0.15) is 0 Å². The average Bonchev–Trinajstić information content (AvgIpc) is 0. The van der Waals surface area contributed by atoms with Gasteiger partial charge in [-0.1, -0.05) is 0 Å². The van der Waals surface area contributed by atoms with Crippen LogP contribution in [0.1, 0.15) is 0 Å².